The third kappa shape index (κ3) is 7.85. The van der Waals surface area contributed by atoms with Crippen LogP contribution in [0.5, 0.6) is 0 Å². The lowest BCUT2D eigenvalue weighted by molar-refractivity contribution is -0.140. The summed E-state index contributed by atoms with van der Waals surface area (Å²) in [5, 5.41) is 3.39. The maximum absolute atomic E-state index is 12.4. The Hall–Kier alpha value is -1.79. The molecule has 0 bridgehead atoms. The molecule has 6 nitrogen and oxygen atoms in total. The first-order valence-corrected chi connectivity index (χ1v) is 7.90. The fourth-order valence-corrected chi connectivity index (χ4v) is 2.01. The molecule has 1 aromatic carbocycles. The standard InChI is InChI=1S/C16H23ClN2O4/c1-3-23-12-4-10-19(11-9-15(20)22-2)16(21)18-14-7-5-13(17)6-8-14/h5-8H,3-4,9-12H2,1-2H3,(H,18,21). The van der Waals surface area contributed by atoms with Gasteiger partial charge in [0.2, 0.25) is 0 Å². The molecule has 7 heteroatoms. The van der Waals surface area contributed by atoms with E-state index in [1.807, 2.05) is 6.92 Å². The van der Waals surface area contributed by atoms with E-state index in [1.54, 1.807) is 29.2 Å². The largest absolute Gasteiger partial charge is 0.469 e. The average molecular weight is 343 g/mol. The van der Waals surface area contributed by atoms with Gasteiger partial charge >= 0.3 is 12.0 Å². The van der Waals surface area contributed by atoms with Crippen LogP contribution in [0.1, 0.15) is 19.8 Å². The summed E-state index contributed by atoms with van der Waals surface area (Å²) in [4.78, 5) is 25.2. The third-order valence-corrected chi connectivity index (χ3v) is 3.37. The van der Waals surface area contributed by atoms with E-state index in [0.717, 1.165) is 0 Å². The second kappa shape index (κ2) is 10.9. The molecule has 0 aliphatic rings. The summed E-state index contributed by atoms with van der Waals surface area (Å²) in [6.07, 6.45) is 0.849. The van der Waals surface area contributed by atoms with Crippen molar-refractivity contribution in [2.45, 2.75) is 19.8 Å². The van der Waals surface area contributed by atoms with Gasteiger partial charge in [-0.15, -0.1) is 0 Å². The second-order valence-corrected chi connectivity index (χ2v) is 5.24. The Bertz CT molecular complexity index is 493. The first-order chi connectivity index (χ1) is 11.1. The van der Waals surface area contributed by atoms with Crippen LogP contribution in [0.25, 0.3) is 0 Å². The van der Waals surface area contributed by atoms with Crippen molar-refractivity contribution in [1.29, 1.82) is 0 Å². The highest BCUT2D eigenvalue weighted by Crippen LogP contribution is 2.14. The Balaban J connectivity index is 2.58. The average Bonchev–Trinajstić information content (AvgIpc) is 2.55. The van der Waals surface area contributed by atoms with Crippen LogP contribution in [0.3, 0.4) is 0 Å². The molecule has 128 valence electrons. The van der Waals surface area contributed by atoms with Crippen molar-refractivity contribution in [3.05, 3.63) is 29.3 Å². The molecule has 0 aliphatic heterocycles. The minimum Gasteiger partial charge on any atom is -0.469 e. The number of hydrogen-bond acceptors (Lipinski definition) is 4. The molecule has 0 aromatic heterocycles. The summed E-state index contributed by atoms with van der Waals surface area (Å²) in [6, 6.07) is 6.57. The molecule has 1 aromatic rings. The number of nitrogens with zero attached hydrogens (tertiary/aromatic N) is 1. The van der Waals surface area contributed by atoms with Crippen LogP contribution in [-0.4, -0.2) is 50.3 Å². The van der Waals surface area contributed by atoms with Crippen molar-refractivity contribution in [3.8, 4) is 0 Å². The van der Waals surface area contributed by atoms with Gasteiger partial charge in [0.1, 0.15) is 0 Å². The number of rotatable bonds is 9. The van der Waals surface area contributed by atoms with Crippen molar-refractivity contribution in [2.24, 2.45) is 0 Å². The summed E-state index contributed by atoms with van der Waals surface area (Å²) in [5.41, 5.74) is 0.646. The number of nitrogens with one attached hydrogen (secondary N) is 1. The van der Waals surface area contributed by atoms with Gasteiger partial charge in [-0.3, -0.25) is 4.79 Å². The Morgan fingerprint density at radius 2 is 1.91 bits per heavy atom. The monoisotopic (exact) mass is 342 g/mol. The molecular formula is C16H23ClN2O4. The molecule has 0 spiro atoms. The number of carbonyl (C=O) groups is 2. The zero-order chi connectivity index (χ0) is 17.1. The van der Waals surface area contributed by atoms with Crippen molar-refractivity contribution in [3.63, 3.8) is 0 Å². The van der Waals surface area contributed by atoms with Gasteiger partial charge in [0, 0.05) is 37.0 Å². The highest BCUT2D eigenvalue weighted by molar-refractivity contribution is 6.30. The molecular weight excluding hydrogens is 320 g/mol. The van der Waals surface area contributed by atoms with E-state index in [1.165, 1.54) is 7.11 Å². The van der Waals surface area contributed by atoms with Gasteiger partial charge in [0.15, 0.2) is 0 Å². The van der Waals surface area contributed by atoms with E-state index in [2.05, 4.69) is 10.1 Å². The molecule has 0 atom stereocenters. The Labute approximate surface area is 141 Å². The summed E-state index contributed by atoms with van der Waals surface area (Å²) < 4.78 is 9.90. The van der Waals surface area contributed by atoms with Gasteiger partial charge in [0.25, 0.3) is 0 Å². The van der Waals surface area contributed by atoms with Crippen molar-refractivity contribution in [1.82, 2.24) is 4.90 Å². The smallest absolute Gasteiger partial charge is 0.321 e. The molecule has 0 radical (unpaired) electrons. The minimum atomic E-state index is -0.348. The molecule has 0 heterocycles. The van der Waals surface area contributed by atoms with Crippen LogP contribution in [0.4, 0.5) is 10.5 Å². The fraction of sp³-hybridized carbons (Fsp3) is 0.500. The number of methoxy groups -OCH3 is 1. The van der Waals surface area contributed by atoms with E-state index in [9.17, 15) is 9.59 Å². The van der Waals surface area contributed by atoms with Crippen LogP contribution in [-0.2, 0) is 14.3 Å². The Kier molecular flexibility index (Phi) is 9.09. The second-order valence-electron chi connectivity index (χ2n) is 4.80. The van der Waals surface area contributed by atoms with Gasteiger partial charge in [-0.1, -0.05) is 11.6 Å². The molecule has 2 amide bonds. The van der Waals surface area contributed by atoms with E-state index in [4.69, 9.17) is 16.3 Å². The highest BCUT2D eigenvalue weighted by atomic mass is 35.5. The quantitative estimate of drug-likeness (QED) is 0.553. The topological polar surface area (TPSA) is 67.9 Å². The number of amides is 2. The number of esters is 1. The molecule has 1 N–H and O–H groups in total. The van der Waals surface area contributed by atoms with Crippen molar-refractivity contribution in [2.75, 3.05) is 38.7 Å². The number of hydrogen-bond donors (Lipinski definition) is 1. The summed E-state index contributed by atoms with van der Waals surface area (Å²) in [6.45, 7) is 3.91. The van der Waals surface area contributed by atoms with E-state index >= 15 is 0 Å². The van der Waals surface area contributed by atoms with Crippen molar-refractivity contribution < 1.29 is 19.1 Å². The molecule has 0 saturated carbocycles. The predicted molar refractivity (Wildman–Crippen MR) is 89.8 cm³/mol. The summed E-state index contributed by atoms with van der Waals surface area (Å²) in [7, 11) is 1.33. The fourth-order valence-electron chi connectivity index (χ4n) is 1.88. The number of benzene rings is 1. The molecule has 0 saturated heterocycles. The predicted octanol–water partition coefficient (Wildman–Crippen LogP) is 3.16. The molecule has 23 heavy (non-hydrogen) atoms. The van der Waals surface area contributed by atoms with Gasteiger partial charge in [-0.05, 0) is 37.6 Å². The van der Waals surface area contributed by atoms with Crippen LogP contribution in [0.15, 0.2) is 24.3 Å². The number of anilines is 1. The van der Waals surface area contributed by atoms with Gasteiger partial charge in [0.05, 0.1) is 13.5 Å². The zero-order valence-electron chi connectivity index (χ0n) is 13.5. The number of urea groups is 1. The third-order valence-electron chi connectivity index (χ3n) is 3.12. The van der Waals surface area contributed by atoms with Crippen LogP contribution in [0.2, 0.25) is 5.02 Å². The number of halogens is 1. The lowest BCUT2D eigenvalue weighted by Crippen LogP contribution is -2.37. The van der Waals surface area contributed by atoms with Crippen molar-refractivity contribution >= 4 is 29.3 Å². The first kappa shape index (κ1) is 19.3. The molecule has 0 aliphatic carbocycles. The van der Waals surface area contributed by atoms with Gasteiger partial charge < -0.3 is 19.7 Å². The highest BCUT2D eigenvalue weighted by Gasteiger charge is 2.15. The lowest BCUT2D eigenvalue weighted by Gasteiger charge is -2.22. The van der Waals surface area contributed by atoms with Gasteiger partial charge in [-0.2, -0.15) is 0 Å². The lowest BCUT2D eigenvalue weighted by atomic mass is 10.3. The maximum atomic E-state index is 12.4. The SMILES string of the molecule is CCOCCCN(CCC(=O)OC)C(=O)Nc1ccc(Cl)cc1. The zero-order valence-corrected chi connectivity index (χ0v) is 14.3. The van der Waals surface area contributed by atoms with Crippen LogP contribution in [0, 0.1) is 0 Å². The number of carbonyl (C=O) groups excluding carboxylic acids is 2. The van der Waals surface area contributed by atoms with E-state index in [0.29, 0.717) is 36.9 Å². The maximum Gasteiger partial charge on any atom is 0.321 e. The molecule has 0 unspecified atom stereocenters. The first-order valence-electron chi connectivity index (χ1n) is 7.53. The summed E-state index contributed by atoms with van der Waals surface area (Å²) >= 11 is 5.82. The van der Waals surface area contributed by atoms with Crippen LogP contribution >= 0.6 is 11.6 Å². The summed E-state index contributed by atoms with van der Waals surface area (Å²) in [5.74, 6) is -0.348. The Morgan fingerprint density at radius 3 is 2.52 bits per heavy atom. The molecule has 0 fully saturated rings. The Morgan fingerprint density at radius 1 is 1.22 bits per heavy atom. The molecule has 1 rings (SSSR count). The van der Waals surface area contributed by atoms with Crippen LogP contribution < -0.4 is 5.32 Å². The van der Waals surface area contributed by atoms with Gasteiger partial charge in [-0.25, -0.2) is 4.79 Å². The minimum absolute atomic E-state index is 0.152. The van der Waals surface area contributed by atoms with E-state index in [-0.39, 0.29) is 25.0 Å². The number of ether oxygens (including phenoxy) is 2. The van der Waals surface area contributed by atoms with E-state index < -0.39 is 0 Å². The normalized spacial score (nSPS) is 10.2.